The second-order valence-electron chi connectivity index (χ2n) is 6.76. The Bertz CT molecular complexity index is 810. The van der Waals surface area contributed by atoms with Gasteiger partial charge in [-0.2, -0.15) is 18.3 Å². The summed E-state index contributed by atoms with van der Waals surface area (Å²) in [5.74, 6) is 0.396. The maximum absolute atomic E-state index is 12.8. The Morgan fingerprint density at radius 1 is 1.08 bits per heavy atom. The largest absolute Gasteiger partial charge is 0.389 e. The van der Waals surface area contributed by atoms with Crippen molar-refractivity contribution in [3.05, 3.63) is 34.5 Å². The molecule has 0 N–H and O–H groups in total. The van der Waals surface area contributed by atoms with Crippen molar-refractivity contribution in [3.8, 4) is 0 Å². The number of aromatic nitrogens is 2. The molecule has 2 heterocycles. The molecule has 2 aromatic rings. The molecule has 1 aromatic heterocycles. The third-order valence-electron chi connectivity index (χ3n) is 4.73. The van der Waals surface area contributed by atoms with Crippen LogP contribution in [0.15, 0.2) is 29.1 Å². The second-order valence-corrected chi connectivity index (χ2v) is 6.76. The van der Waals surface area contributed by atoms with Crippen LogP contribution in [-0.4, -0.2) is 54.1 Å². The molecule has 1 saturated heterocycles. The van der Waals surface area contributed by atoms with E-state index in [1.54, 1.807) is 22.9 Å². The molecule has 1 fully saturated rings. The van der Waals surface area contributed by atoms with Gasteiger partial charge in [0.05, 0.1) is 10.9 Å². The Kier molecular flexibility index (Phi) is 5.50. The molecule has 142 valence electrons. The molecule has 0 unspecified atom stereocenters. The lowest BCUT2D eigenvalue weighted by molar-refractivity contribution is -0.135. The molecule has 0 amide bonds. The first kappa shape index (κ1) is 18.7. The highest BCUT2D eigenvalue weighted by molar-refractivity contribution is 5.80. The predicted molar refractivity (Wildman–Crippen MR) is 95.6 cm³/mol. The summed E-state index contributed by atoms with van der Waals surface area (Å²) < 4.78 is 38.7. The van der Waals surface area contributed by atoms with E-state index < -0.39 is 12.6 Å². The number of rotatable bonds is 5. The number of fused-ring (bicyclic) bond motifs is 1. The van der Waals surface area contributed by atoms with E-state index in [9.17, 15) is 18.0 Å². The maximum Gasteiger partial charge on any atom is 0.389 e. The van der Waals surface area contributed by atoms with Gasteiger partial charge in [0.15, 0.2) is 5.82 Å². The topological polar surface area (TPSA) is 41.4 Å². The van der Waals surface area contributed by atoms with E-state index in [1.807, 2.05) is 18.0 Å². The van der Waals surface area contributed by atoms with E-state index >= 15 is 0 Å². The Balaban J connectivity index is 1.87. The lowest BCUT2D eigenvalue weighted by Gasteiger charge is -2.33. The summed E-state index contributed by atoms with van der Waals surface area (Å²) in [6, 6.07) is 7.16. The van der Waals surface area contributed by atoms with Crippen LogP contribution in [0.25, 0.3) is 10.9 Å². The third-order valence-corrected chi connectivity index (χ3v) is 4.73. The van der Waals surface area contributed by atoms with Crippen LogP contribution in [-0.2, 0) is 6.54 Å². The standard InChI is InChI=1S/C18H23F3N4O/c1-23-10-12-24(13-11-23)17-16(26)14-6-2-3-7-15(14)25(22-17)9-5-4-8-18(19,20)21/h2-3,6-7H,4-5,8-13H2,1H3. The van der Waals surface area contributed by atoms with Gasteiger partial charge < -0.3 is 9.80 Å². The van der Waals surface area contributed by atoms with Crippen LogP contribution in [0.3, 0.4) is 0 Å². The van der Waals surface area contributed by atoms with Gasteiger partial charge in [0.25, 0.3) is 0 Å². The summed E-state index contributed by atoms with van der Waals surface area (Å²) in [5, 5.41) is 5.08. The van der Waals surface area contributed by atoms with Crippen molar-refractivity contribution in [2.75, 3.05) is 38.1 Å². The van der Waals surface area contributed by atoms with Gasteiger partial charge in [-0.15, -0.1) is 0 Å². The lowest BCUT2D eigenvalue weighted by Crippen LogP contribution is -2.46. The number of unbranched alkanes of at least 4 members (excludes halogenated alkanes) is 1. The summed E-state index contributed by atoms with van der Waals surface area (Å²) in [6.07, 6.45) is -4.52. The van der Waals surface area contributed by atoms with E-state index in [4.69, 9.17) is 0 Å². The first-order chi connectivity index (χ1) is 12.3. The molecule has 0 saturated carbocycles. The maximum atomic E-state index is 12.8. The molecule has 0 spiro atoms. The predicted octanol–water partition coefficient (Wildman–Crippen LogP) is 2.88. The quantitative estimate of drug-likeness (QED) is 0.761. The minimum absolute atomic E-state index is 0.0511. The minimum atomic E-state index is -4.13. The Labute approximate surface area is 150 Å². The monoisotopic (exact) mass is 368 g/mol. The third kappa shape index (κ3) is 4.35. The van der Waals surface area contributed by atoms with Crippen molar-refractivity contribution in [1.29, 1.82) is 0 Å². The summed E-state index contributed by atoms with van der Waals surface area (Å²) in [5.41, 5.74) is 0.555. The summed E-state index contributed by atoms with van der Waals surface area (Å²) in [7, 11) is 2.03. The molecular weight excluding hydrogens is 345 g/mol. The Hall–Kier alpha value is -2.09. The van der Waals surface area contributed by atoms with Gasteiger partial charge in [0.2, 0.25) is 5.43 Å². The number of hydrogen-bond donors (Lipinski definition) is 0. The molecule has 0 bridgehead atoms. The molecule has 3 rings (SSSR count). The number of hydrogen-bond acceptors (Lipinski definition) is 4. The summed E-state index contributed by atoms with van der Waals surface area (Å²) in [6.45, 7) is 3.48. The number of alkyl halides is 3. The molecule has 5 nitrogen and oxygen atoms in total. The zero-order valence-corrected chi connectivity index (χ0v) is 14.8. The molecule has 1 aromatic carbocycles. The molecular formula is C18H23F3N4O. The van der Waals surface area contributed by atoms with Crippen molar-refractivity contribution in [2.45, 2.75) is 32.0 Å². The van der Waals surface area contributed by atoms with E-state index in [0.29, 0.717) is 42.8 Å². The zero-order valence-electron chi connectivity index (χ0n) is 14.8. The van der Waals surface area contributed by atoms with Crippen LogP contribution in [0, 0.1) is 0 Å². The SMILES string of the molecule is CN1CCN(c2nn(CCCCC(F)(F)F)c3ccccc3c2=O)CC1. The van der Waals surface area contributed by atoms with E-state index in [1.165, 1.54) is 0 Å². The van der Waals surface area contributed by atoms with E-state index in [-0.39, 0.29) is 11.8 Å². The second kappa shape index (κ2) is 7.65. The molecule has 8 heteroatoms. The molecule has 0 aliphatic carbocycles. The number of anilines is 1. The average molecular weight is 368 g/mol. The summed E-state index contributed by atoms with van der Waals surface area (Å²) in [4.78, 5) is 17.0. The fourth-order valence-electron chi connectivity index (χ4n) is 3.21. The molecule has 1 aliphatic rings. The van der Waals surface area contributed by atoms with Gasteiger partial charge in [-0.3, -0.25) is 9.48 Å². The average Bonchev–Trinajstić information content (AvgIpc) is 2.60. The van der Waals surface area contributed by atoms with Crippen molar-refractivity contribution >= 4 is 16.7 Å². The lowest BCUT2D eigenvalue weighted by atomic mass is 10.2. The van der Waals surface area contributed by atoms with Crippen molar-refractivity contribution in [2.24, 2.45) is 0 Å². The molecule has 26 heavy (non-hydrogen) atoms. The Morgan fingerprint density at radius 2 is 1.77 bits per heavy atom. The number of likely N-dealkylation sites (N-methyl/N-ethyl adjacent to an activating group) is 1. The highest BCUT2D eigenvalue weighted by atomic mass is 19.4. The smallest absolute Gasteiger partial charge is 0.349 e. The van der Waals surface area contributed by atoms with Crippen LogP contribution < -0.4 is 10.3 Å². The fourth-order valence-corrected chi connectivity index (χ4v) is 3.21. The minimum Gasteiger partial charge on any atom is -0.349 e. The highest BCUT2D eigenvalue weighted by Gasteiger charge is 2.26. The number of nitrogens with zero attached hydrogens (tertiary/aromatic N) is 4. The van der Waals surface area contributed by atoms with Gasteiger partial charge in [0.1, 0.15) is 0 Å². The van der Waals surface area contributed by atoms with Crippen LogP contribution in [0.5, 0.6) is 0 Å². The van der Waals surface area contributed by atoms with Gasteiger partial charge in [-0.25, -0.2) is 0 Å². The van der Waals surface area contributed by atoms with E-state index in [0.717, 1.165) is 13.1 Å². The number of piperazine rings is 1. The van der Waals surface area contributed by atoms with Crippen molar-refractivity contribution < 1.29 is 13.2 Å². The fraction of sp³-hybridized carbons (Fsp3) is 0.556. The van der Waals surface area contributed by atoms with Crippen LogP contribution in [0.1, 0.15) is 19.3 Å². The number of benzene rings is 1. The normalized spacial score (nSPS) is 16.4. The van der Waals surface area contributed by atoms with Crippen molar-refractivity contribution in [3.63, 3.8) is 0 Å². The molecule has 0 atom stereocenters. The van der Waals surface area contributed by atoms with Crippen LogP contribution >= 0.6 is 0 Å². The summed E-state index contributed by atoms with van der Waals surface area (Å²) >= 11 is 0. The number of para-hydroxylation sites is 1. The van der Waals surface area contributed by atoms with Crippen LogP contribution in [0.4, 0.5) is 19.0 Å². The molecule has 1 aliphatic heterocycles. The zero-order chi connectivity index (χ0) is 18.7. The Morgan fingerprint density at radius 3 is 2.46 bits per heavy atom. The van der Waals surface area contributed by atoms with Crippen molar-refractivity contribution in [1.82, 2.24) is 14.7 Å². The first-order valence-electron chi connectivity index (χ1n) is 8.85. The van der Waals surface area contributed by atoms with Gasteiger partial charge >= 0.3 is 6.18 Å². The first-order valence-corrected chi connectivity index (χ1v) is 8.85. The van der Waals surface area contributed by atoms with Gasteiger partial charge in [-0.05, 0) is 32.0 Å². The van der Waals surface area contributed by atoms with E-state index in [2.05, 4.69) is 10.00 Å². The number of aryl methyl sites for hydroxylation is 1. The molecule has 0 radical (unpaired) electrons. The highest BCUT2D eigenvalue weighted by Crippen LogP contribution is 2.23. The van der Waals surface area contributed by atoms with Crippen LogP contribution in [0.2, 0.25) is 0 Å². The number of halogens is 3. The van der Waals surface area contributed by atoms with Gasteiger partial charge in [-0.1, -0.05) is 12.1 Å². The van der Waals surface area contributed by atoms with Gasteiger partial charge in [0, 0.05) is 39.1 Å².